The van der Waals surface area contributed by atoms with Crippen LogP contribution in [-0.4, -0.2) is 37.4 Å². The highest BCUT2D eigenvalue weighted by molar-refractivity contribution is 7.90. The minimum absolute atomic E-state index is 0.0245. The Morgan fingerprint density at radius 2 is 1.90 bits per heavy atom. The fourth-order valence-electron chi connectivity index (χ4n) is 1.21. The van der Waals surface area contributed by atoms with Gasteiger partial charge in [-0.2, -0.15) is 12.7 Å². The van der Waals surface area contributed by atoms with E-state index < -0.39 is 22.0 Å². The first-order chi connectivity index (χ1) is 9.13. The van der Waals surface area contributed by atoms with Gasteiger partial charge < -0.3 is 5.11 Å². The fourth-order valence-corrected chi connectivity index (χ4v) is 2.60. The smallest absolute Gasteiger partial charge is 0.304 e. The van der Waals surface area contributed by atoms with Crippen molar-refractivity contribution in [3.63, 3.8) is 0 Å². The van der Waals surface area contributed by atoms with Crippen molar-refractivity contribution < 1.29 is 22.7 Å². The third kappa shape index (κ3) is 4.48. The summed E-state index contributed by atoms with van der Waals surface area (Å²) in [5.41, 5.74) is -0.0245. The van der Waals surface area contributed by atoms with Crippen molar-refractivity contribution in [1.29, 1.82) is 0 Å². The van der Waals surface area contributed by atoms with Gasteiger partial charge in [-0.3, -0.25) is 9.52 Å². The lowest BCUT2D eigenvalue weighted by Gasteiger charge is -2.17. The molecule has 0 amide bonds. The quantitative estimate of drug-likeness (QED) is 0.774. The lowest BCUT2D eigenvalue weighted by Crippen LogP contribution is -2.34. The highest BCUT2D eigenvalue weighted by Gasteiger charge is 2.19. The van der Waals surface area contributed by atoms with E-state index >= 15 is 0 Å². The van der Waals surface area contributed by atoms with Gasteiger partial charge in [0.05, 0.1) is 22.2 Å². The first-order valence-corrected chi connectivity index (χ1v) is 7.43. The Labute approximate surface area is 125 Å². The number of carbonyl (C=O) groups is 1. The van der Waals surface area contributed by atoms with Gasteiger partial charge in [0.2, 0.25) is 0 Å². The summed E-state index contributed by atoms with van der Waals surface area (Å²) in [6.07, 6.45) is -0.345. The van der Waals surface area contributed by atoms with E-state index in [-0.39, 0.29) is 28.7 Å². The molecule has 0 radical (unpaired) electrons. The van der Waals surface area contributed by atoms with Gasteiger partial charge in [-0.1, -0.05) is 23.2 Å². The summed E-state index contributed by atoms with van der Waals surface area (Å²) < 4.78 is 39.9. The summed E-state index contributed by atoms with van der Waals surface area (Å²) in [5.74, 6) is -1.98. The molecule has 20 heavy (non-hydrogen) atoms. The molecule has 0 spiro atoms. The van der Waals surface area contributed by atoms with Gasteiger partial charge in [-0.25, -0.2) is 4.39 Å². The number of anilines is 1. The van der Waals surface area contributed by atoms with Crippen molar-refractivity contribution in [3.8, 4) is 0 Å². The largest absolute Gasteiger partial charge is 0.481 e. The number of nitrogens with zero attached hydrogens (tertiary/aromatic N) is 1. The lowest BCUT2D eigenvalue weighted by atomic mass is 10.3. The Bertz CT molecular complexity index is 601. The van der Waals surface area contributed by atoms with Crippen LogP contribution in [0.25, 0.3) is 0 Å². The molecule has 0 saturated carbocycles. The van der Waals surface area contributed by atoms with Gasteiger partial charge in [-0.05, 0) is 12.1 Å². The monoisotopic (exact) mass is 344 g/mol. The average Bonchev–Trinajstić information content (AvgIpc) is 2.32. The predicted molar refractivity (Wildman–Crippen MR) is 73.8 cm³/mol. The van der Waals surface area contributed by atoms with Crippen molar-refractivity contribution in [1.82, 2.24) is 4.31 Å². The molecule has 6 nitrogen and oxygen atoms in total. The predicted octanol–water partition coefficient (Wildman–Crippen LogP) is 2.20. The number of benzene rings is 1. The summed E-state index contributed by atoms with van der Waals surface area (Å²) in [4.78, 5) is 10.4. The minimum atomic E-state index is -3.98. The third-order valence-corrected chi connectivity index (χ3v) is 4.33. The molecule has 112 valence electrons. The Kier molecular flexibility index (Phi) is 5.58. The first-order valence-electron chi connectivity index (χ1n) is 5.24. The summed E-state index contributed by atoms with van der Waals surface area (Å²) in [6.45, 7) is -0.215. The number of halogens is 3. The molecule has 0 fully saturated rings. The fraction of sp³-hybridized carbons (Fsp3) is 0.300. The molecular weight excluding hydrogens is 334 g/mol. The van der Waals surface area contributed by atoms with Crippen LogP contribution in [0.2, 0.25) is 10.0 Å². The van der Waals surface area contributed by atoms with Crippen molar-refractivity contribution in [2.75, 3.05) is 18.3 Å². The summed E-state index contributed by atoms with van der Waals surface area (Å²) in [5, 5.41) is 7.84. The standard InChI is InChI=1S/C10H11Cl2FN2O4S/c1-15(3-2-9(16)17)20(18,19)14-6-4-7(11)10(13)8(12)5-6/h4-5,14H,2-3H2,1H3,(H,16,17). The van der Waals surface area contributed by atoms with Crippen LogP contribution in [0.3, 0.4) is 0 Å². The maximum atomic E-state index is 13.2. The van der Waals surface area contributed by atoms with Gasteiger partial charge in [0.1, 0.15) is 0 Å². The molecule has 1 rings (SSSR count). The van der Waals surface area contributed by atoms with E-state index in [9.17, 15) is 17.6 Å². The van der Waals surface area contributed by atoms with Crippen molar-refractivity contribution >= 4 is 45.1 Å². The summed E-state index contributed by atoms with van der Waals surface area (Å²) in [6, 6.07) is 2.12. The third-order valence-electron chi connectivity index (χ3n) is 2.28. The topological polar surface area (TPSA) is 86.7 Å². The van der Waals surface area contributed by atoms with Crippen LogP contribution in [0.1, 0.15) is 6.42 Å². The number of carboxylic acids is 1. The highest BCUT2D eigenvalue weighted by Crippen LogP contribution is 2.28. The molecular formula is C10H11Cl2FN2O4S. The Balaban J connectivity index is 2.88. The van der Waals surface area contributed by atoms with Gasteiger partial charge in [0.15, 0.2) is 5.82 Å². The van der Waals surface area contributed by atoms with Gasteiger partial charge in [0, 0.05) is 13.6 Å². The maximum absolute atomic E-state index is 13.2. The van der Waals surface area contributed by atoms with Gasteiger partial charge in [0.25, 0.3) is 0 Å². The number of hydrogen-bond acceptors (Lipinski definition) is 3. The Hall–Kier alpha value is -1.09. The molecule has 0 aliphatic carbocycles. The number of carboxylic acid groups (broad SMARTS) is 1. The highest BCUT2D eigenvalue weighted by atomic mass is 35.5. The number of nitrogens with one attached hydrogen (secondary N) is 1. The molecule has 1 aromatic carbocycles. The number of rotatable bonds is 6. The van der Waals surface area contributed by atoms with Crippen LogP contribution in [0.15, 0.2) is 12.1 Å². The van der Waals surface area contributed by atoms with E-state index in [1.165, 1.54) is 7.05 Å². The second kappa shape index (κ2) is 6.57. The molecule has 2 N–H and O–H groups in total. The van der Waals surface area contributed by atoms with Crippen molar-refractivity contribution in [2.24, 2.45) is 0 Å². The molecule has 0 bridgehead atoms. The molecule has 0 saturated heterocycles. The zero-order chi connectivity index (χ0) is 15.5. The maximum Gasteiger partial charge on any atom is 0.304 e. The van der Waals surface area contributed by atoms with Crippen LogP contribution >= 0.6 is 23.2 Å². The zero-order valence-electron chi connectivity index (χ0n) is 10.2. The Morgan fingerprint density at radius 3 is 2.35 bits per heavy atom. The van der Waals surface area contributed by atoms with Gasteiger partial charge >= 0.3 is 16.2 Å². The average molecular weight is 345 g/mol. The first kappa shape index (κ1) is 17.0. The molecule has 0 aliphatic rings. The van der Waals surface area contributed by atoms with Gasteiger partial charge in [-0.15, -0.1) is 0 Å². The molecule has 0 heterocycles. The van der Waals surface area contributed by atoms with Crippen LogP contribution in [0.4, 0.5) is 10.1 Å². The molecule has 0 atom stereocenters. The van der Waals surface area contributed by atoms with Crippen LogP contribution < -0.4 is 4.72 Å². The van der Waals surface area contributed by atoms with E-state index in [0.717, 1.165) is 16.4 Å². The van der Waals surface area contributed by atoms with Crippen molar-refractivity contribution in [3.05, 3.63) is 28.0 Å². The van der Waals surface area contributed by atoms with Crippen molar-refractivity contribution in [2.45, 2.75) is 6.42 Å². The normalized spacial score (nSPS) is 11.7. The van der Waals surface area contributed by atoms with E-state index in [0.29, 0.717) is 0 Å². The van der Waals surface area contributed by atoms with E-state index in [2.05, 4.69) is 4.72 Å². The molecule has 0 unspecified atom stereocenters. The van der Waals surface area contributed by atoms with Crippen LogP contribution in [-0.2, 0) is 15.0 Å². The number of hydrogen-bond donors (Lipinski definition) is 2. The second-order valence-electron chi connectivity index (χ2n) is 3.83. The van der Waals surface area contributed by atoms with E-state index in [1.807, 2.05) is 0 Å². The van der Waals surface area contributed by atoms with E-state index in [4.69, 9.17) is 28.3 Å². The second-order valence-corrected chi connectivity index (χ2v) is 6.42. The SMILES string of the molecule is CN(CCC(=O)O)S(=O)(=O)Nc1cc(Cl)c(F)c(Cl)c1. The molecule has 0 aromatic heterocycles. The zero-order valence-corrected chi connectivity index (χ0v) is 12.6. The molecule has 0 aliphatic heterocycles. The molecule has 1 aromatic rings. The van der Waals surface area contributed by atoms with Crippen LogP contribution in [0.5, 0.6) is 0 Å². The summed E-state index contributed by atoms with van der Waals surface area (Å²) >= 11 is 11.1. The number of aliphatic carboxylic acids is 1. The van der Waals surface area contributed by atoms with Crippen LogP contribution in [0, 0.1) is 5.82 Å². The lowest BCUT2D eigenvalue weighted by molar-refractivity contribution is -0.137. The Morgan fingerprint density at radius 1 is 1.40 bits per heavy atom. The van der Waals surface area contributed by atoms with E-state index in [1.54, 1.807) is 0 Å². The molecule has 10 heteroatoms. The summed E-state index contributed by atoms with van der Waals surface area (Å²) in [7, 11) is -2.77. The minimum Gasteiger partial charge on any atom is -0.481 e.